The van der Waals surface area contributed by atoms with Gasteiger partial charge < -0.3 is 4.90 Å². The second-order valence-corrected chi connectivity index (χ2v) is 6.19. The molecule has 2 aromatic rings. The van der Waals surface area contributed by atoms with Crippen molar-refractivity contribution < 1.29 is 0 Å². The number of hydrogen-bond donors (Lipinski definition) is 0. The lowest BCUT2D eigenvalue weighted by Gasteiger charge is -2.23. The van der Waals surface area contributed by atoms with Crippen LogP contribution in [0.1, 0.15) is 18.2 Å². The van der Waals surface area contributed by atoms with Crippen LogP contribution in [0.2, 0.25) is 0 Å². The molecule has 0 saturated heterocycles. The van der Waals surface area contributed by atoms with Crippen molar-refractivity contribution in [1.82, 2.24) is 4.98 Å². The van der Waals surface area contributed by atoms with E-state index in [0.717, 1.165) is 6.42 Å². The van der Waals surface area contributed by atoms with Crippen molar-refractivity contribution in [1.29, 1.82) is 0 Å². The average Bonchev–Trinajstić information content (AvgIpc) is 3.08. The van der Waals surface area contributed by atoms with E-state index in [-0.39, 0.29) is 0 Å². The lowest BCUT2D eigenvalue weighted by atomic mass is 10.3. The van der Waals surface area contributed by atoms with Gasteiger partial charge in [0.1, 0.15) is 0 Å². The molecule has 0 aliphatic carbocycles. The van der Waals surface area contributed by atoms with Gasteiger partial charge in [0.2, 0.25) is 0 Å². The molecule has 0 saturated carbocycles. The van der Waals surface area contributed by atoms with Crippen LogP contribution in [0.5, 0.6) is 0 Å². The van der Waals surface area contributed by atoms with E-state index in [1.54, 1.807) is 11.3 Å². The first-order valence-electron chi connectivity index (χ1n) is 5.99. The van der Waals surface area contributed by atoms with Gasteiger partial charge in [-0.1, -0.05) is 36.9 Å². The molecule has 4 heteroatoms. The predicted octanol–water partition coefficient (Wildman–Crippen LogP) is 4.43. The number of benzene rings is 1. The van der Waals surface area contributed by atoms with Gasteiger partial charge in [0.15, 0.2) is 0 Å². The molecule has 0 fully saturated rings. The highest BCUT2D eigenvalue weighted by atomic mass is 32.2. The summed E-state index contributed by atoms with van der Waals surface area (Å²) in [7, 11) is 0. The molecule has 1 aromatic carbocycles. The van der Waals surface area contributed by atoms with Gasteiger partial charge in [-0.15, -0.1) is 11.3 Å². The molecule has 18 heavy (non-hydrogen) atoms. The minimum atomic E-state index is 0.490. The summed E-state index contributed by atoms with van der Waals surface area (Å²) < 4.78 is 0. The zero-order valence-electron chi connectivity index (χ0n) is 10.1. The summed E-state index contributed by atoms with van der Waals surface area (Å²) in [5.74, 6) is 0. The molecule has 92 valence electrons. The van der Waals surface area contributed by atoms with Crippen LogP contribution in [0.3, 0.4) is 0 Å². The molecule has 1 aromatic heterocycles. The molecular formula is C14H14N2S2. The van der Waals surface area contributed by atoms with Crippen LogP contribution < -0.4 is 4.90 Å². The number of rotatable bonds is 3. The van der Waals surface area contributed by atoms with Gasteiger partial charge >= 0.3 is 0 Å². The van der Waals surface area contributed by atoms with E-state index in [9.17, 15) is 0 Å². The molecule has 0 bridgehead atoms. The van der Waals surface area contributed by atoms with Gasteiger partial charge in [0.25, 0.3) is 0 Å². The maximum absolute atomic E-state index is 4.16. The minimum Gasteiger partial charge on any atom is -0.334 e. The quantitative estimate of drug-likeness (QED) is 0.823. The normalized spacial score (nSPS) is 19.1. The maximum atomic E-state index is 4.16. The van der Waals surface area contributed by atoms with Crippen LogP contribution >= 0.6 is 23.1 Å². The molecule has 0 spiro atoms. The van der Waals surface area contributed by atoms with Gasteiger partial charge in [-0.3, -0.25) is 4.98 Å². The number of para-hydroxylation sites is 1. The Balaban J connectivity index is 1.93. The largest absolute Gasteiger partial charge is 0.334 e. The van der Waals surface area contributed by atoms with E-state index in [1.807, 2.05) is 23.5 Å². The summed E-state index contributed by atoms with van der Waals surface area (Å²) >= 11 is 3.63. The smallest absolute Gasteiger partial charge is 0.0838 e. The Hall–Kier alpha value is -1.26. The first-order chi connectivity index (χ1) is 8.88. The Morgan fingerprint density at radius 3 is 2.78 bits per heavy atom. The average molecular weight is 274 g/mol. The van der Waals surface area contributed by atoms with Crippen molar-refractivity contribution >= 4 is 33.7 Å². The van der Waals surface area contributed by atoms with Gasteiger partial charge in [0, 0.05) is 23.0 Å². The summed E-state index contributed by atoms with van der Waals surface area (Å²) in [5.41, 5.74) is 3.15. The highest BCUT2D eigenvalue weighted by molar-refractivity contribution is 8.09. The molecule has 2 heterocycles. The molecule has 2 nitrogen and oxygen atoms in total. The third-order valence-electron chi connectivity index (χ3n) is 2.91. The molecule has 1 aliphatic rings. The molecule has 1 atom stereocenters. The highest BCUT2D eigenvalue weighted by Gasteiger charge is 2.26. The number of aromatic nitrogens is 1. The summed E-state index contributed by atoms with van der Waals surface area (Å²) in [4.78, 5) is 9.11. The first kappa shape index (κ1) is 11.8. The fourth-order valence-corrected chi connectivity index (χ4v) is 3.94. The Morgan fingerprint density at radius 1 is 1.28 bits per heavy atom. The lowest BCUT2D eigenvalue weighted by molar-refractivity contribution is 0.835. The van der Waals surface area contributed by atoms with E-state index < -0.39 is 0 Å². The van der Waals surface area contributed by atoms with Crippen LogP contribution in [-0.4, -0.2) is 10.4 Å². The van der Waals surface area contributed by atoms with Crippen LogP contribution in [0.25, 0.3) is 4.91 Å². The van der Waals surface area contributed by atoms with Crippen LogP contribution in [0, 0.1) is 0 Å². The molecular weight excluding hydrogens is 260 g/mol. The Labute approximate surface area is 115 Å². The third-order valence-corrected chi connectivity index (χ3v) is 5.26. The van der Waals surface area contributed by atoms with Crippen molar-refractivity contribution in [2.45, 2.75) is 18.7 Å². The summed E-state index contributed by atoms with van der Waals surface area (Å²) in [6, 6.07) is 10.6. The number of thioether (sulfide) groups is 1. The number of nitrogens with zero attached hydrogens (tertiary/aromatic N) is 2. The molecule has 0 N–H and O–H groups in total. The number of hydrogen-bond acceptors (Lipinski definition) is 4. The van der Waals surface area contributed by atoms with Gasteiger partial charge in [-0.05, 0) is 18.6 Å². The molecule has 3 rings (SSSR count). The van der Waals surface area contributed by atoms with Gasteiger partial charge in [-0.25, -0.2) is 0 Å². The lowest BCUT2D eigenvalue weighted by Crippen LogP contribution is -2.22. The number of anilines is 1. The second kappa shape index (κ2) is 5.16. The van der Waals surface area contributed by atoms with Crippen molar-refractivity contribution in [2.75, 3.05) is 4.90 Å². The van der Waals surface area contributed by atoms with Gasteiger partial charge in [-0.2, -0.15) is 0 Å². The fourth-order valence-electron chi connectivity index (χ4n) is 2.02. The second-order valence-electron chi connectivity index (χ2n) is 4.08. The predicted molar refractivity (Wildman–Crippen MR) is 80.7 cm³/mol. The topological polar surface area (TPSA) is 16.1 Å². The van der Waals surface area contributed by atoms with Gasteiger partial charge in [0.05, 0.1) is 15.8 Å². The Bertz CT molecular complexity index is 534. The highest BCUT2D eigenvalue weighted by Crippen LogP contribution is 2.43. The molecule has 0 amide bonds. The standard InChI is InChI=1S/C14H14N2S2/c1-2-14-16(11-6-4-3-5-7-11)9-13(18-14)12-8-15-10-17-12/h3-10,14H,2H2,1H3. The molecule has 1 unspecified atom stereocenters. The van der Waals surface area contributed by atoms with E-state index in [1.165, 1.54) is 15.5 Å². The zero-order chi connectivity index (χ0) is 12.4. The van der Waals surface area contributed by atoms with Crippen molar-refractivity contribution in [3.8, 4) is 0 Å². The minimum absolute atomic E-state index is 0.490. The third kappa shape index (κ3) is 2.18. The monoisotopic (exact) mass is 274 g/mol. The maximum Gasteiger partial charge on any atom is 0.0838 e. The Morgan fingerprint density at radius 2 is 2.11 bits per heavy atom. The van der Waals surface area contributed by atoms with Crippen molar-refractivity contribution in [3.05, 3.63) is 53.1 Å². The van der Waals surface area contributed by atoms with E-state index in [0.29, 0.717) is 5.37 Å². The summed E-state index contributed by atoms with van der Waals surface area (Å²) in [6.45, 7) is 2.23. The van der Waals surface area contributed by atoms with Crippen LogP contribution in [0.4, 0.5) is 5.69 Å². The Kier molecular flexibility index (Phi) is 3.39. The zero-order valence-corrected chi connectivity index (χ0v) is 11.7. The first-order valence-corrected chi connectivity index (χ1v) is 7.75. The molecule has 0 radical (unpaired) electrons. The van der Waals surface area contributed by atoms with Crippen molar-refractivity contribution in [2.24, 2.45) is 0 Å². The summed E-state index contributed by atoms with van der Waals surface area (Å²) in [6.07, 6.45) is 5.32. The summed E-state index contributed by atoms with van der Waals surface area (Å²) in [5, 5.41) is 0.490. The van der Waals surface area contributed by atoms with E-state index in [2.05, 4.69) is 53.3 Å². The van der Waals surface area contributed by atoms with E-state index >= 15 is 0 Å². The number of thiazole rings is 1. The fraction of sp³-hybridized carbons (Fsp3) is 0.214. The van der Waals surface area contributed by atoms with E-state index in [4.69, 9.17) is 0 Å². The molecule has 1 aliphatic heterocycles. The van der Waals surface area contributed by atoms with Crippen LogP contribution in [0.15, 0.2) is 48.2 Å². The SMILES string of the molecule is CCC1SC(c2cncs2)=CN1c1ccccc1. The van der Waals surface area contributed by atoms with Crippen LogP contribution in [-0.2, 0) is 0 Å². The van der Waals surface area contributed by atoms with Crippen molar-refractivity contribution in [3.63, 3.8) is 0 Å².